The quantitative estimate of drug-likeness (QED) is 0.106. The molecule has 0 aromatic heterocycles. The van der Waals surface area contributed by atoms with Crippen LogP contribution < -0.4 is 10.6 Å². The van der Waals surface area contributed by atoms with E-state index in [1.54, 1.807) is 84.9 Å². The summed E-state index contributed by atoms with van der Waals surface area (Å²) in [5.41, 5.74) is 4.68. The molecule has 0 amide bonds. The maximum absolute atomic E-state index is 14.2. The molecule has 1 aliphatic carbocycles. The molecular formula is C46H38N2O6. The van der Waals surface area contributed by atoms with Crippen molar-refractivity contribution in [3.8, 4) is 0 Å². The second-order valence-electron chi connectivity index (χ2n) is 11.6. The molecule has 6 aromatic rings. The number of carbonyl (C=O) groups excluding carboxylic acids is 4. The van der Waals surface area contributed by atoms with Crippen molar-refractivity contribution < 1.29 is 28.7 Å². The van der Waals surface area contributed by atoms with E-state index in [0.29, 0.717) is 22.7 Å². The molecule has 1 aliphatic rings. The largest absolute Gasteiger partial charge is 0.457 e. The fraction of sp³-hybridized carbons (Fsp3) is 0.0435. The smallest absolute Gasteiger partial charge is 0.340 e. The standard InChI is InChI=1S/C42H30N2O6.2C2H4/c45-39-32-20-12-24-36(44-34-22-10-8-18-30(34)42(48)50-26-28-15-5-2-6-16-28)38(32)40(46)31-19-11-23-35(37(31)39)43-33-21-9-7-17-29(33)41(47)49-25-27-13-3-1-4-14-27;2*1-2/h1-24,43-44H,25-26H2;2*1-2H2. The fourth-order valence-electron chi connectivity index (χ4n) is 5.88. The van der Waals surface area contributed by atoms with Crippen LogP contribution in [-0.4, -0.2) is 23.5 Å². The zero-order valence-electron chi connectivity index (χ0n) is 29.5. The van der Waals surface area contributed by atoms with Crippen LogP contribution in [0, 0.1) is 0 Å². The van der Waals surface area contributed by atoms with Crippen molar-refractivity contribution in [1.29, 1.82) is 0 Å². The van der Waals surface area contributed by atoms with Crippen molar-refractivity contribution in [2.75, 3.05) is 10.6 Å². The molecule has 0 saturated carbocycles. The van der Waals surface area contributed by atoms with Gasteiger partial charge in [-0.25, -0.2) is 9.59 Å². The van der Waals surface area contributed by atoms with E-state index in [1.165, 1.54) is 0 Å². The number of ketones is 2. The molecule has 0 radical (unpaired) electrons. The third-order valence-electron chi connectivity index (χ3n) is 8.33. The molecule has 0 unspecified atom stereocenters. The van der Waals surface area contributed by atoms with Gasteiger partial charge in [0, 0.05) is 11.1 Å². The van der Waals surface area contributed by atoms with Crippen LogP contribution in [0.5, 0.6) is 0 Å². The average molecular weight is 715 g/mol. The highest BCUT2D eigenvalue weighted by atomic mass is 16.5. The van der Waals surface area contributed by atoms with Gasteiger partial charge in [0.2, 0.25) is 0 Å². The minimum atomic E-state index is -0.533. The molecule has 0 bridgehead atoms. The van der Waals surface area contributed by atoms with Crippen molar-refractivity contribution in [3.63, 3.8) is 0 Å². The first-order valence-electron chi connectivity index (χ1n) is 17.0. The van der Waals surface area contributed by atoms with Gasteiger partial charge in [-0.3, -0.25) is 9.59 Å². The fourth-order valence-corrected chi connectivity index (χ4v) is 5.88. The summed E-state index contributed by atoms with van der Waals surface area (Å²) in [6, 6.07) is 42.4. The Morgan fingerprint density at radius 2 is 0.759 bits per heavy atom. The van der Waals surface area contributed by atoms with E-state index in [-0.39, 0.29) is 58.2 Å². The zero-order valence-corrected chi connectivity index (χ0v) is 29.5. The lowest BCUT2D eigenvalue weighted by Crippen LogP contribution is -2.23. The summed E-state index contributed by atoms with van der Waals surface area (Å²) >= 11 is 0. The van der Waals surface area contributed by atoms with Crippen molar-refractivity contribution in [1.82, 2.24) is 0 Å². The number of ether oxygens (including phenoxy) is 2. The molecule has 8 nitrogen and oxygen atoms in total. The van der Waals surface area contributed by atoms with Gasteiger partial charge in [-0.15, -0.1) is 26.3 Å². The summed E-state index contributed by atoms with van der Waals surface area (Å²) in [6.45, 7) is 12.2. The van der Waals surface area contributed by atoms with Crippen molar-refractivity contribution in [2.24, 2.45) is 0 Å². The van der Waals surface area contributed by atoms with Crippen molar-refractivity contribution >= 4 is 46.3 Å². The maximum Gasteiger partial charge on any atom is 0.340 e. The van der Waals surface area contributed by atoms with Gasteiger partial charge in [-0.2, -0.15) is 0 Å². The maximum atomic E-state index is 14.2. The number of anilines is 4. The van der Waals surface area contributed by atoms with E-state index < -0.39 is 11.9 Å². The molecule has 7 rings (SSSR count). The molecule has 0 atom stereocenters. The third kappa shape index (κ3) is 8.41. The highest BCUT2D eigenvalue weighted by Crippen LogP contribution is 2.38. The number of benzene rings is 6. The van der Waals surface area contributed by atoms with Crippen LogP contribution in [0.2, 0.25) is 0 Å². The Morgan fingerprint density at radius 1 is 0.426 bits per heavy atom. The summed E-state index contributed by atoms with van der Waals surface area (Å²) in [7, 11) is 0. The molecule has 6 aromatic carbocycles. The zero-order chi connectivity index (χ0) is 38.5. The predicted molar refractivity (Wildman–Crippen MR) is 213 cm³/mol. The molecule has 268 valence electrons. The van der Waals surface area contributed by atoms with Crippen LogP contribution in [0.15, 0.2) is 172 Å². The number of hydrogen-bond donors (Lipinski definition) is 2. The second kappa shape index (κ2) is 18.3. The van der Waals surface area contributed by atoms with Gasteiger partial charge in [0.05, 0.1) is 45.0 Å². The lowest BCUT2D eigenvalue weighted by molar-refractivity contribution is 0.0465. The summed E-state index contributed by atoms with van der Waals surface area (Å²) in [6.07, 6.45) is 0. The molecule has 2 N–H and O–H groups in total. The topological polar surface area (TPSA) is 111 Å². The van der Waals surface area contributed by atoms with E-state index in [4.69, 9.17) is 9.47 Å². The Hall–Kier alpha value is -7.32. The molecule has 0 fully saturated rings. The molecule has 8 heteroatoms. The molecule has 54 heavy (non-hydrogen) atoms. The molecule has 0 saturated heterocycles. The minimum absolute atomic E-state index is 0.105. The molecule has 0 aliphatic heterocycles. The summed E-state index contributed by atoms with van der Waals surface area (Å²) in [4.78, 5) is 54.6. The first-order chi connectivity index (χ1) is 26.5. The van der Waals surface area contributed by atoms with Crippen LogP contribution in [0.3, 0.4) is 0 Å². The van der Waals surface area contributed by atoms with Gasteiger partial charge >= 0.3 is 11.9 Å². The monoisotopic (exact) mass is 714 g/mol. The van der Waals surface area contributed by atoms with Gasteiger partial charge in [-0.05, 0) is 47.5 Å². The van der Waals surface area contributed by atoms with Crippen LogP contribution in [0.4, 0.5) is 22.7 Å². The van der Waals surface area contributed by atoms with E-state index in [2.05, 4.69) is 36.9 Å². The Bertz CT molecular complexity index is 2120. The molecule has 0 spiro atoms. The Kier molecular flexibility index (Phi) is 12.8. The average Bonchev–Trinajstić information content (AvgIpc) is 3.23. The minimum Gasteiger partial charge on any atom is -0.457 e. The van der Waals surface area contributed by atoms with E-state index in [1.807, 2.05) is 60.7 Å². The number of carbonyl (C=O) groups is 4. The summed E-state index contributed by atoms with van der Waals surface area (Å²) in [5, 5.41) is 6.44. The highest BCUT2D eigenvalue weighted by molar-refractivity contribution is 6.32. The van der Waals surface area contributed by atoms with Crippen molar-refractivity contribution in [3.05, 3.63) is 216 Å². The number of para-hydroxylation sites is 2. The summed E-state index contributed by atoms with van der Waals surface area (Å²) in [5.74, 6) is -1.79. The number of esters is 2. The number of fused-ring (bicyclic) bond motifs is 2. The van der Waals surface area contributed by atoms with Gasteiger partial charge in [0.1, 0.15) is 13.2 Å². The molecule has 0 heterocycles. The third-order valence-corrected chi connectivity index (χ3v) is 8.33. The Balaban J connectivity index is 0.00000136. The number of nitrogens with one attached hydrogen (secondary N) is 2. The summed E-state index contributed by atoms with van der Waals surface area (Å²) < 4.78 is 11.1. The first kappa shape index (κ1) is 37.9. The van der Waals surface area contributed by atoms with E-state index in [9.17, 15) is 19.2 Å². The lowest BCUT2D eigenvalue weighted by atomic mass is 9.82. The predicted octanol–water partition coefficient (Wildman–Crippen LogP) is 10.3. The number of hydrogen-bond acceptors (Lipinski definition) is 8. The Morgan fingerprint density at radius 3 is 1.15 bits per heavy atom. The van der Waals surface area contributed by atoms with Crippen molar-refractivity contribution in [2.45, 2.75) is 13.2 Å². The lowest BCUT2D eigenvalue weighted by Gasteiger charge is -2.24. The highest BCUT2D eigenvalue weighted by Gasteiger charge is 2.34. The van der Waals surface area contributed by atoms with E-state index >= 15 is 0 Å². The van der Waals surface area contributed by atoms with Crippen LogP contribution in [0.25, 0.3) is 0 Å². The normalized spacial score (nSPS) is 10.9. The van der Waals surface area contributed by atoms with Gasteiger partial charge in [-0.1, -0.05) is 109 Å². The first-order valence-corrected chi connectivity index (χ1v) is 17.0. The second-order valence-corrected chi connectivity index (χ2v) is 11.6. The van der Waals surface area contributed by atoms with Gasteiger partial charge in [0.25, 0.3) is 0 Å². The van der Waals surface area contributed by atoms with Crippen LogP contribution >= 0.6 is 0 Å². The van der Waals surface area contributed by atoms with Gasteiger partial charge in [0.15, 0.2) is 11.6 Å². The van der Waals surface area contributed by atoms with Crippen LogP contribution in [-0.2, 0) is 22.7 Å². The Labute approximate surface area is 314 Å². The number of rotatable bonds is 10. The van der Waals surface area contributed by atoms with Gasteiger partial charge < -0.3 is 20.1 Å². The van der Waals surface area contributed by atoms with E-state index in [0.717, 1.165) is 11.1 Å². The molecular weight excluding hydrogens is 677 g/mol. The SMILES string of the molecule is C=C.C=C.O=C(OCc1ccccc1)c1ccccc1Nc1cccc2c1C(=O)c1cccc(Nc3ccccc3C(=O)OCc3ccccc3)c1C2=O. The van der Waals surface area contributed by atoms with Crippen LogP contribution in [0.1, 0.15) is 63.7 Å².